The van der Waals surface area contributed by atoms with Gasteiger partial charge in [0, 0.05) is 10.7 Å². The number of esters is 1. The highest BCUT2D eigenvalue weighted by Gasteiger charge is 2.07. The number of ketones is 1. The first-order valence-corrected chi connectivity index (χ1v) is 5.65. The van der Waals surface area contributed by atoms with Crippen LogP contribution in [-0.2, 0) is 9.53 Å². The third-order valence-electron chi connectivity index (χ3n) is 1.95. The van der Waals surface area contributed by atoms with Crippen LogP contribution in [0.5, 0.6) is 0 Å². The Kier molecular flexibility index (Phi) is 4.90. The maximum atomic E-state index is 11.3. The van der Waals surface area contributed by atoms with E-state index in [4.69, 9.17) is 0 Å². The Bertz CT molecular complexity index is 469. The highest BCUT2D eigenvalue weighted by molar-refractivity contribution is 9.10. The van der Waals surface area contributed by atoms with E-state index in [0.717, 1.165) is 5.69 Å². The fraction of sp³-hybridized carbons (Fsp3) is 0.167. The molecular weight excluding hydrogens is 286 g/mol. The van der Waals surface area contributed by atoms with Gasteiger partial charge < -0.3 is 10.1 Å². The molecule has 1 aromatic rings. The summed E-state index contributed by atoms with van der Waals surface area (Å²) in [7, 11) is 1.33. The van der Waals surface area contributed by atoms with Crippen molar-refractivity contribution in [2.75, 3.05) is 12.4 Å². The summed E-state index contributed by atoms with van der Waals surface area (Å²) in [5, 5.41) is 2.93. The number of hydrogen-bond acceptors (Lipinski definition) is 4. The van der Waals surface area contributed by atoms with Crippen molar-refractivity contribution < 1.29 is 14.3 Å². The van der Waals surface area contributed by atoms with Gasteiger partial charge in [0.05, 0.1) is 18.4 Å². The van der Waals surface area contributed by atoms with Gasteiger partial charge in [-0.2, -0.15) is 0 Å². The lowest BCUT2D eigenvalue weighted by molar-refractivity contribution is -0.112. The Morgan fingerprint density at radius 3 is 2.65 bits per heavy atom. The summed E-state index contributed by atoms with van der Waals surface area (Å²) in [6, 6.07) is 5.01. The lowest BCUT2D eigenvalue weighted by Crippen LogP contribution is -2.01. The Labute approximate surface area is 108 Å². The first-order valence-electron chi connectivity index (χ1n) is 4.86. The lowest BCUT2D eigenvalue weighted by Gasteiger charge is -2.05. The van der Waals surface area contributed by atoms with Gasteiger partial charge in [0.2, 0.25) is 0 Å². The molecule has 1 rings (SSSR count). The number of rotatable bonds is 4. The quantitative estimate of drug-likeness (QED) is 0.686. The average molecular weight is 298 g/mol. The molecule has 1 N–H and O–H groups in total. The topological polar surface area (TPSA) is 55.4 Å². The van der Waals surface area contributed by atoms with E-state index in [0.29, 0.717) is 10.0 Å². The molecule has 0 amide bonds. The molecule has 5 heteroatoms. The molecule has 0 atom stereocenters. The van der Waals surface area contributed by atoms with Crippen LogP contribution in [-0.4, -0.2) is 18.9 Å². The van der Waals surface area contributed by atoms with Crippen molar-refractivity contribution in [3.8, 4) is 0 Å². The lowest BCUT2D eigenvalue weighted by atomic mass is 10.2. The van der Waals surface area contributed by atoms with Gasteiger partial charge >= 0.3 is 5.97 Å². The molecule has 0 heterocycles. The molecule has 0 saturated carbocycles. The second-order valence-corrected chi connectivity index (χ2v) is 4.13. The van der Waals surface area contributed by atoms with E-state index in [1.54, 1.807) is 24.4 Å². The molecule has 0 unspecified atom stereocenters. The van der Waals surface area contributed by atoms with Gasteiger partial charge in [-0.3, -0.25) is 4.79 Å². The van der Waals surface area contributed by atoms with E-state index in [1.165, 1.54) is 20.1 Å². The van der Waals surface area contributed by atoms with Gasteiger partial charge in [0.15, 0.2) is 5.78 Å². The zero-order valence-electron chi connectivity index (χ0n) is 9.49. The van der Waals surface area contributed by atoms with Crippen LogP contribution in [0.15, 0.2) is 34.9 Å². The fourth-order valence-corrected chi connectivity index (χ4v) is 1.62. The zero-order chi connectivity index (χ0) is 12.8. The monoisotopic (exact) mass is 297 g/mol. The van der Waals surface area contributed by atoms with Crippen LogP contribution in [0, 0.1) is 0 Å². The van der Waals surface area contributed by atoms with Gasteiger partial charge in [-0.25, -0.2) is 4.79 Å². The normalized spacial score (nSPS) is 10.3. The summed E-state index contributed by atoms with van der Waals surface area (Å²) in [6.45, 7) is 1.47. The van der Waals surface area contributed by atoms with E-state index in [2.05, 4.69) is 26.0 Å². The molecule has 0 fully saturated rings. The molecule has 90 valence electrons. The summed E-state index contributed by atoms with van der Waals surface area (Å²) in [4.78, 5) is 22.0. The number of benzene rings is 1. The molecule has 0 spiro atoms. The molecule has 0 saturated heterocycles. The SMILES string of the molecule is COC(=O)c1ccc(N/C=C/C(C)=O)c(Br)c1. The van der Waals surface area contributed by atoms with E-state index < -0.39 is 5.97 Å². The standard InChI is InChI=1S/C12H12BrNO3/c1-8(15)5-6-14-11-4-3-9(7-10(11)13)12(16)17-2/h3-7,14H,1-2H3/b6-5+. The largest absolute Gasteiger partial charge is 0.465 e. The minimum absolute atomic E-state index is 0.0418. The number of carbonyl (C=O) groups is 2. The minimum Gasteiger partial charge on any atom is -0.465 e. The van der Waals surface area contributed by atoms with Crippen LogP contribution in [0.1, 0.15) is 17.3 Å². The Morgan fingerprint density at radius 2 is 2.12 bits per heavy atom. The molecule has 0 radical (unpaired) electrons. The van der Waals surface area contributed by atoms with Crippen molar-refractivity contribution in [3.63, 3.8) is 0 Å². The zero-order valence-corrected chi connectivity index (χ0v) is 11.1. The number of carbonyl (C=O) groups excluding carboxylic acids is 2. The van der Waals surface area contributed by atoms with Gasteiger partial charge in [-0.05, 0) is 47.1 Å². The second-order valence-electron chi connectivity index (χ2n) is 3.27. The van der Waals surface area contributed by atoms with E-state index in [-0.39, 0.29) is 5.78 Å². The minimum atomic E-state index is -0.392. The van der Waals surface area contributed by atoms with Crippen molar-refractivity contribution in [3.05, 3.63) is 40.5 Å². The first-order chi connectivity index (χ1) is 8.04. The van der Waals surface area contributed by atoms with Crippen LogP contribution in [0.2, 0.25) is 0 Å². The summed E-state index contributed by atoms with van der Waals surface area (Å²) in [6.07, 6.45) is 2.96. The van der Waals surface area contributed by atoms with Crippen LogP contribution in [0.4, 0.5) is 5.69 Å². The third kappa shape index (κ3) is 4.03. The molecule has 17 heavy (non-hydrogen) atoms. The van der Waals surface area contributed by atoms with E-state index in [9.17, 15) is 9.59 Å². The van der Waals surface area contributed by atoms with E-state index >= 15 is 0 Å². The number of allylic oxidation sites excluding steroid dienone is 1. The van der Waals surface area contributed by atoms with Gasteiger partial charge in [-0.1, -0.05) is 0 Å². The molecule has 0 aliphatic heterocycles. The fourth-order valence-electron chi connectivity index (χ4n) is 1.13. The van der Waals surface area contributed by atoms with Gasteiger partial charge in [-0.15, -0.1) is 0 Å². The van der Waals surface area contributed by atoms with Crippen molar-refractivity contribution in [2.45, 2.75) is 6.92 Å². The van der Waals surface area contributed by atoms with Crippen LogP contribution >= 0.6 is 15.9 Å². The van der Waals surface area contributed by atoms with Gasteiger partial charge in [0.25, 0.3) is 0 Å². The van der Waals surface area contributed by atoms with E-state index in [1.807, 2.05) is 0 Å². The number of halogens is 1. The second kappa shape index (κ2) is 6.20. The highest BCUT2D eigenvalue weighted by atomic mass is 79.9. The number of hydrogen-bond donors (Lipinski definition) is 1. The Balaban J connectivity index is 2.83. The summed E-state index contributed by atoms with van der Waals surface area (Å²) in [5.74, 6) is -0.434. The smallest absolute Gasteiger partial charge is 0.337 e. The summed E-state index contributed by atoms with van der Waals surface area (Å²) >= 11 is 3.32. The Hall–Kier alpha value is -1.62. The van der Waals surface area contributed by atoms with Gasteiger partial charge in [0.1, 0.15) is 0 Å². The maximum absolute atomic E-state index is 11.3. The van der Waals surface area contributed by atoms with Crippen LogP contribution < -0.4 is 5.32 Å². The predicted octanol–water partition coefficient (Wildman–Crippen LogP) is 2.75. The van der Waals surface area contributed by atoms with Crippen molar-refractivity contribution >= 4 is 33.4 Å². The number of nitrogens with one attached hydrogen (secondary N) is 1. The summed E-state index contributed by atoms with van der Waals surface area (Å²) < 4.78 is 5.32. The molecule has 0 aliphatic rings. The van der Waals surface area contributed by atoms with Crippen molar-refractivity contribution in [1.29, 1.82) is 0 Å². The molecule has 4 nitrogen and oxygen atoms in total. The molecule has 0 bridgehead atoms. The number of methoxy groups -OCH3 is 1. The van der Waals surface area contributed by atoms with Crippen LogP contribution in [0.25, 0.3) is 0 Å². The van der Waals surface area contributed by atoms with Crippen molar-refractivity contribution in [2.24, 2.45) is 0 Å². The molecule has 0 aromatic heterocycles. The first kappa shape index (κ1) is 13.4. The third-order valence-corrected chi connectivity index (χ3v) is 2.60. The Morgan fingerprint density at radius 1 is 1.41 bits per heavy atom. The maximum Gasteiger partial charge on any atom is 0.337 e. The summed E-state index contributed by atoms with van der Waals surface area (Å²) in [5.41, 5.74) is 1.22. The number of anilines is 1. The highest BCUT2D eigenvalue weighted by Crippen LogP contribution is 2.23. The molecule has 0 aliphatic carbocycles. The predicted molar refractivity (Wildman–Crippen MR) is 68.9 cm³/mol. The van der Waals surface area contributed by atoms with Crippen molar-refractivity contribution in [1.82, 2.24) is 0 Å². The molecular formula is C12H12BrNO3. The van der Waals surface area contributed by atoms with Crippen LogP contribution in [0.3, 0.4) is 0 Å². The molecule has 1 aromatic carbocycles. The number of ether oxygens (including phenoxy) is 1. The average Bonchev–Trinajstić information content (AvgIpc) is 2.29.